The van der Waals surface area contributed by atoms with Gasteiger partial charge in [0.1, 0.15) is 5.75 Å². The first kappa shape index (κ1) is 12.7. The molecule has 3 heteroatoms. The normalized spacial score (nSPS) is 12.3. The van der Waals surface area contributed by atoms with Gasteiger partial charge in [-0.25, -0.2) is 0 Å². The molecule has 0 aliphatic carbocycles. The molecule has 1 atom stereocenters. The van der Waals surface area contributed by atoms with Gasteiger partial charge in [-0.15, -0.1) is 0 Å². The Morgan fingerprint density at radius 1 is 1.22 bits per heavy atom. The van der Waals surface area contributed by atoms with Gasteiger partial charge in [0.05, 0.1) is 25.2 Å². The third-order valence-electron chi connectivity index (χ3n) is 2.81. The number of hydrogen-bond acceptors (Lipinski definition) is 3. The van der Waals surface area contributed by atoms with Crippen molar-refractivity contribution in [3.63, 3.8) is 0 Å². The summed E-state index contributed by atoms with van der Waals surface area (Å²) in [6.07, 6.45) is 3.47. The van der Waals surface area contributed by atoms with Gasteiger partial charge in [0, 0.05) is 11.1 Å². The average Bonchev–Trinajstić information content (AvgIpc) is 2.91. The van der Waals surface area contributed by atoms with Crippen LogP contribution in [0.15, 0.2) is 47.3 Å². The lowest BCUT2D eigenvalue weighted by Crippen LogP contribution is -2.22. The molecule has 3 nitrogen and oxygen atoms in total. The highest BCUT2D eigenvalue weighted by Crippen LogP contribution is 2.30. The van der Waals surface area contributed by atoms with Crippen LogP contribution in [-0.4, -0.2) is 13.2 Å². The molecule has 0 saturated heterocycles. The van der Waals surface area contributed by atoms with Crippen LogP contribution in [-0.2, 0) is 0 Å². The smallest absolute Gasteiger partial charge is 0.124 e. The fraction of sp³-hybridized carbons (Fsp3) is 0.333. The predicted octanol–water partition coefficient (Wildman–Crippen LogP) is 3.38. The fourth-order valence-corrected chi connectivity index (χ4v) is 2.06. The molecule has 0 bridgehead atoms. The maximum absolute atomic E-state index is 5.69. The van der Waals surface area contributed by atoms with Gasteiger partial charge in [0.25, 0.3) is 0 Å². The molecule has 1 N–H and O–H groups in total. The van der Waals surface area contributed by atoms with Crippen LogP contribution in [0.1, 0.15) is 31.0 Å². The minimum absolute atomic E-state index is 0.108. The monoisotopic (exact) mass is 245 g/mol. The maximum Gasteiger partial charge on any atom is 0.124 e. The molecule has 0 radical (unpaired) electrons. The highest BCUT2D eigenvalue weighted by Gasteiger charge is 2.17. The van der Waals surface area contributed by atoms with E-state index in [0.29, 0.717) is 6.61 Å². The Kier molecular flexibility index (Phi) is 4.42. The second-order valence-corrected chi connectivity index (χ2v) is 4.02. The number of ether oxygens (including phenoxy) is 1. The van der Waals surface area contributed by atoms with Crippen molar-refractivity contribution < 1.29 is 9.15 Å². The van der Waals surface area contributed by atoms with Gasteiger partial charge in [-0.3, -0.25) is 0 Å². The van der Waals surface area contributed by atoms with E-state index in [1.165, 1.54) is 0 Å². The molecule has 2 rings (SSSR count). The lowest BCUT2D eigenvalue weighted by Gasteiger charge is -2.20. The van der Waals surface area contributed by atoms with Gasteiger partial charge in [0.2, 0.25) is 0 Å². The van der Waals surface area contributed by atoms with E-state index in [2.05, 4.69) is 18.3 Å². The summed E-state index contributed by atoms with van der Waals surface area (Å²) in [7, 11) is 0. The summed E-state index contributed by atoms with van der Waals surface area (Å²) in [5.74, 6) is 0.923. The van der Waals surface area contributed by atoms with E-state index in [1.807, 2.05) is 31.2 Å². The molecule has 0 amide bonds. The van der Waals surface area contributed by atoms with Crippen molar-refractivity contribution in [2.24, 2.45) is 0 Å². The van der Waals surface area contributed by atoms with Crippen LogP contribution >= 0.6 is 0 Å². The topological polar surface area (TPSA) is 34.4 Å². The minimum Gasteiger partial charge on any atom is -0.494 e. The molecule has 0 aliphatic heterocycles. The number of hydrogen-bond donors (Lipinski definition) is 1. The zero-order chi connectivity index (χ0) is 12.8. The Balaban J connectivity index is 2.36. The van der Waals surface area contributed by atoms with E-state index in [1.54, 1.807) is 12.5 Å². The number of rotatable bonds is 6. The van der Waals surface area contributed by atoms with E-state index in [9.17, 15) is 0 Å². The van der Waals surface area contributed by atoms with E-state index in [4.69, 9.17) is 9.15 Å². The summed E-state index contributed by atoms with van der Waals surface area (Å²) in [5.41, 5.74) is 2.26. The molecule has 1 aromatic heterocycles. The molecular formula is C15H19NO2. The molecule has 1 unspecified atom stereocenters. The summed E-state index contributed by atoms with van der Waals surface area (Å²) < 4.78 is 10.9. The third kappa shape index (κ3) is 2.74. The van der Waals surface area contributed by atoms with Crippen molar-refractivity contribution in [1.29, 1.82) is 0 Å². The average molecular weight is 245 g/mol. The maximum atomic E-state index is 5.69. The van der Waals surface area contributed by atoms with Crippen molar-refractivity contribution in [2.75, 3.05) is 13.2 Å². The van der Waals surface area contributed by atoms with Crippen LogP contribution < -0.4 is 10.1 Å². The molecule has 18 heavy (non-hydrogen) atoms. The summed E-state index contributed by atoms with van der Waals surface area (Å²) >= 11 is 0. The van der Waals surface area contributed by atoms with Crippen molar-refractivity contribution >= 4 is 0 Å². The first-order chi connectivity index (χ1) is 8.86. The standard InChI is InChI=1S/C15H19NO2/c1-3-16-15(12-9-10-17-11-12)13-7-5-6-8-14(13)18-4-2/h5-11,15-16H,3-4H2,1-2H3. The highest BCUT2D eigenvalue weighted by atomic mass is 16.5. The van der Waals surface area contributed by atoms with Crippen LogP contribution in [0.4, 0.5) is 0 Å². The Bertz CT molecular complexity index is 465. The second-order valence-electron chi connectivity index (χ2n) is 4.02. The number of furan rings is 1. The SMILES string of the molecule is CCNC(c1ccoc1)c1ccccc1OCC. The van der Waals surface area contributed by atoms with Crippen molar-refractivity contribution in [3.8, 4) is 5.75 Å². The Labute approximate surface area is 108 Å². The third-order valence-corrected chi connectivity index (χ3v) is 2.81. The summed E-state index contributed by atoms with van der Waals surface area (Å²) in [4.78, 5) is 0. The largest absolute Gasteiger partial charge is 0.494 e. The molecule has 0 fully saturated rings. The van der Waals surface area contributed by atoms with E-state index >= 15 is 0 Å². The summed E-state index contributed by atoms with van der Waals surface area (Å²) in [6, 6.07) is 10.2. The molecule has 2 aromatic rings. The Morgan fingerprint density at radius 3 is 2.72 bits per heavy atom. The van der Waals surface area contributed by atoms with Crippen LogP contribution in [0, 0.1) is 0 Å². The molecular weight excluding hydrogens is 226 g/mol. The van der Waals surface area contributed by atoms with Gasteiger partial charge in [-0.2, -0.15) is 0 Å². The number of para-hydroxylation sites is 1. The van der Waals surface area contributed by atoms with Crippen molar-refractivity contribution in [1.82, 2.24) is 5.32 Å². The van der Waals surface area contributed by atoms with Crippen molar-refractivity contribution in [3.05, 3.63) is 54.0 Å². The van der Waals surface area contributed by atoms with Gasteiger partial charge < -0.3 is 14.5 Å². The number of benzene rings is 1. The van der Waals surface area contributed by atoms with Crippen LogP contribution in [0.2, 0.25) is 0 Å². The van der Waals surface area contributed by atoms with Gasteiger partial charge in [0.15, 0.2) is 0 Å². The van der Waals surface area contributed by atoms with E-state index in [-0.39, 0.29) is 6.04 Å². The second kappa shape index (κ2) is 6.26. The first-order valence-corrected chi connectivity index (χ1v) is 6.34. The molecule has 0 aliphatic rings. The quantitative estimate of drug-likeness (QED) is 0.847. The molecule has 0 saturated carbocycles. The molecule has 1 aromatic carbocycles. The fourth-order valence-electron chi connectivity index (χ4n) is 2.06. The zero-order valence-electron chi connectivity index (χ0n) is 10.8. The first-order valence-electron chi connectivity index (χ1n) is 6.34. The Hall–Kier alpha value is -1.74. The van der Waals surface area contributed by atoms with E-state index < -0.39 is 0 Å². The zero-order valence-corrected chi connectivity index (χ0v) is 10.8. The lowest BCUT2D eigenvalue weighted by molar-refractivity contribution is 0.333. The van der Waals surface area contributed by atoms with Gasteiger partial charge in [-0.1, -0.05) is 25.1 Å². The van der Waals surface area contributed by atoms with Crippen LogP contribution in [0.3, 0.4) is 0 Å². The van der Waals surface area contributed by atoms with Crippen LogP contribution in [0.5, 0.6) is 5.75 Å². The highest BCUT2D eigenvalue weighted by molar-refractivity contribution is 5.40. The Morgan fingerprint density at radius 2 is 2.06 bits per heavy atom. The van der Waals surface area contributed by atoms with E-state index in [0.717, 1.165) is 23.4 Å². The van der Waals surface area contributed by atoms with Crippen molar-refractivity contribution in [2.45, 2.75) is 19.9 Å². The predicted molar refractivity (Wildman–Crippen MR) is 71.8 cm³/mol. The van der Waals surface area contributed by atoms with Gasteiger partial charge in [-0.05, 0) is 25.6 Å². The minimum atomic E-state index is 0.108. The lowest BCUT2D eigenvalue weighted by atomic mass is 10.00. The molecule has 0 spiro atoms. The van der Waals surface area contributed by atoms with Crippen LogP contribution in [0.25, 0.3) is 0 Å². The number of nitrogens with one attached hydrogen (secondary N) is 1. The van der Waals surface area contributed by atoms with Gasteiger partial charge >= 0.3 is 0 Å². The summed E-state index contributed by atoms with van der Waals surface area (Å²) in [5, 5.41) is 3.46. The molecule has 1 heterocycles. The molecule has 96 valence electrons. The summed E-state index contributed by atoms with van der Waals surface area (Å²) in [6.45, 7) is 5.64.